The Morgan fingerprint density at radius 2 is 1.91 bits per heavy atom. The minimum atomic E-state index is -0.285. The van der Waals surface area contributed by atoms with E-state index in [4.69, 9.17) is 16.6 Å². The van der Waals surface area contributed by atoms with E-state index in [1.807, 2.05) is 19.1 Å². The van der Waals surface area contributed by atoms with E-state index in [1.54, 1.807) is 18.2 Å². The number of benzene rings is 3. The van der Waals surface area contributed by atoms with E-state index in [0.29, 0.717) is 11.3 Å². The summed E-state index contributed by atoms with van der Waals surface area (Å²) in [5.41, 5.74) is 5.85. The van der Waals surface area contributed by atoms with Gasteiger partial charge in [0.25, 0.3) is 0 Å². The van der Waals surface area contributed by atoms with Gasteiger partial charge in [0.15, 0.2) is 5.16 Å². The van der Waals surface area contributed by atoms with Crippen LogP contribution in [0.3, 0.4) is 0 Å². The van der Waals surface area contributed by atoms with E-state index in [1.165, 1.54) is 35.5 Å². The zero-order valence-corrected chi connectivity index (χ0v) is 21.7. The van der Waals surface area contributed by atoms with Gasteiger partial charge in [0.1, 0.15) is 11.6 Å². The number of hydrogen-bond acceptors (Lipinski definition) is 2. The maximum atomic E-state index is 14.5. The molecule has 0 radical (unpaired) electrons. The highest BCUT2D eigenvalue weighted by molar-refractivity contribution is 9.10. The molecule has 7 heteroatoms. The zero-order valence-electron chi connectivity index (χ0n) is 18.5. The summed E-state index contributed by atoms with van der Waals surface area (Å²) in [5.74, 6) is 0.0367. The number of halogens is 4. The number of rotatable bonds is 5. The van der Waals surface area contributed by atoms with Crippen molar-refractivity contribution in [3.8, 4) is 5.69 Å². The van der Waals surface area contributed by atoms with Crippen LogP contribution < -0.4 is 0 Å². The second-order valence-corrected chi connectivity index (χ2v) is 10.7. The molecule has 1 aliphatic carbocycles. The summed E-state index contributed by atoms with van der Waals surface area (Å²) in [4.78, 5) is 5.01. The number of aryl methyl sites for hydroxylation is 2. The fourth-order valence-electron chi connectivity index (χ4n) is 4.56. The molecule has 174 valence electrons. The average Bonchev–Trinajstić information content (AvgIpc) is 3.19. The smallest absolute Gasteiger partial charge is 0.173 e. The number of thioether (sulfide) groups is 1. The molecule has 4 aromatic rings. The third-order valence-corrected chi connectivity index (χ3v) is 8.40. The Kier molecular flexibility index (Phi) is 6.83. The van der Waals surface area contributed by atoms with E-state index in [2.05, 4.69) is 32.6 Å². The van der Waals surface area contributed by atoms with Crippen LogP contribution in [-0.2, 0) is 12.2 Å². The molecule has 1 heterocycles. The molecule has 1 aliphatic rings. The number of aromatic nitrogens is 2. The summed E-state index contributed by atoms with van der Waals surface area (Å²) in [7, 11) is 0. The lowest BCUT2D eigenvalue weighted by atomic mass is 9.83. The average molecular weight is 560 g/mol. The van der Waals surface area contributed by atoms with Gasteiger partial charge < -0.3 is 0 Å². The minimum absolute atomic E-state index is 0.145. The Morgan fingerprint density at radius 1 is 1.12 bits per heavy atom. The van der Waals surface area contributed by atoms with Gasteiger partial charge in [0, 0.05) is 32.4 Å². The van der Waals surface area contributed by atoms with Crippen LogP contribution >= 0.6 is 39.3 Å². The molecular formula is C27H22BrClF2N2S. The van der Waals surface area contributed by atoms with Crippen molar-refractivity contribution in [1.29, 1.82) is 0 Å². The Labute approximate surface area is 215 Å². The maximum Gasteiger partial charge on any atom is 0.173 e. The molecule has 1 unspecified atom stereocenters. The van der Waals surface area contributed by atoms with Crippen LogP contribution in [0.15, 0.2) is 70.3 Å². The number of imidazole rings is 1. The molecule has 0 N–H and O–H groups in total. The van der Waals surface area contributed by atoms with Crippen LogP contribution in [0.4, 0.5) is 8.78 Å². The Hall–Kier alpha value is -2.15. The third-order valence-electron chi connectivity index (χ3n) is 6.27. The molecule has 0 fully saturated rings. The molecule has 0 amide bonds. The monoisotopic (exact) mass is 558 g/mol. The summed E-state index contributed by atoms with van der Waals surface area (Å²) >= 11 is 11.3. The molecule has 1 atom stereocenters. The van der Waals surface area contributed by atoms with Gasteiger partial charge in [-0.2, -0.15) is 0 Å². The van der Waals surface area contributed by atoms with Gasteiger partial charge in [-0.05, 0) is 79.8 Å². The van der Waals surface area contributed by atoms with Gasteiger partial charge >= 0.3 is 0 Å². The van der Waals surface area contributed by atoms with E-state index < -0.39 is 0 Å². The van der Waals surface area contributed by atoms with Gasteiger partial charge in [-0.1, -0.05) is 57.5 Å². The van der Waals surface area contributed by atoms with Crippen molar-refractivity contribution in [2.45, 2.75) is 43.0 Å². The lowest BCUT2D eigenvalue weighted by molar-refractivity contribution is 0.586. The second kappa shape index (κ2) is 9.84. The largest absolute Gasteiger partial charge is 0.291 e. The first-order valence-corrected chi connectivity index (χ1v) is 13.3. The van der Waals surface area contributed by atoms with Crippen molar-refractivity contribution in [3.05, 3.63) is 110 Å². The van der Waals surface area contributed by atoms with Crippen LogP contribution in [0.25, 0.3) is 5.69 Å². The maximum absolute atomic E-state index is 14.5. The highest BCUT2D eigenvalue weighted by Gasteiger charge is 2.30. The van der Waals surface area contributed by atoms with Crippen molar-refractivity contribution < 1.29 is 8.78 Å². The summed E-state index contributed by atoms with van der Waals surface area (Å²) in [5, 5.41) is 1.53. The first-order valence-electron chi connectivity index (χ1n) is 11.1. The van der Waals surface area contributed by atoms with Gasteiger partial charge in [-0.3, -0.25) is 4.57 Å². The fraction of sp³-hybridized carbons (Fsp3) is 0.222. The van der Waals surface area contributed by atoms with Gasteiger partial charge in [-0.25, -0.2) is 13.8 Å². The van der Waals surface area contributed by atoms with E-state index in [-0.39, 0.29) is 17.6 Å². The van der Waals surface area contributed by atoms with Crippen LogP contribution in [-0.4, -0.2) is 9.55 Å². The number of nitrogens with zero attached hydrogens (tertiary/aromatic N) is 2. The molecular weight excluding hydrogens is 538 g/mol. The molecule has 3 aromatic carbocycles. The predicted molar refractivity (Wildman–Crippen MR) is 138 cm³/mol. The first kappa shape index (κ1) is 23.6. The van der Waals surface area contributed by atoms with Crippen molar-refractivity contribution in [2.75, 3.05) is 0 Å². The molecule has 0 saturated carbocycles. The summed E-state index contributed by atoms with van der Waals surface area (Å²) in [6.45, 7) is 2.01. The molecule has 0 spiro atoms. The van der Waals surface area contributed by atoms with E-state index in [0.717, 1.165) is 56.6 Å². The summed E-state index contributed by atoms with van der Waals surface area (Å²) < 4.78 is 31.1. The molecule has 1 aromatic heterocycles. The predicted octanol–water partition coefficient (Wildman–Crippen LogP) is 8.64. The number of hydrogen-bond donors (Lipinski definition) is 0. The molecule has 0 bridgehead atoms. The third kappa shape index (κ3) is 4.56. The highest BCUT2D eigenvalue weighted by atomic mass is 79.9. The minimum Gasteiger partial charge on any atom is -0.291 e. The number of fused-ring (bicyclic) bond motifs is 1. The fourth-order valence-corrected chi connectivity index (χ4v) is 6.42. The molecule has 0 saturated heterocycles. The Balaban J connectivity index is 1.62. The van der Waals surface area contributed by atoms with Crippen LogP contribution in [0.2, 0.25) is 5.02 Å². The lowest BCUT2D eigenvalue weighted by Crippen LogP contribution is -2.15. The van der Waals surface area contributed by atoms with Crippen LogP contribution in [0, 0.1) is 18.6 Å². The van der Waals surface area contributed by atoms with Crippen molar-refractivity contribution in [1.82, 2.24) is 9.55 Å². The van der Waals surface area contributed by atoms with Crippen LogP contribution in [0.5, 0.6) is 0 Å². The Bertz CT molecular complexity index is 1330. The van der Waals surface area contributed by atoms with Crippen molar-refractivity contribution in [2.24, 2.45) is 0 Å². The van der Waals surface area contributed by atoms with Gasteiger partial charge in [0.2, 0.25) is 0 Å². The SMILES string of the molecule is Cc1cc(C2CCCc3nc(SCc4c(F)cccc4Br)n(-c4ccc(F)cc4)c32)ccc1Cl. The molecule has 34 heavy (non-hydrogen) atoms. The van der Waals surface area contributed by atoms with Crippen LogP contribution in [0.1, 0.15) is 46.8 Å². The molecule has 0 aliphatic heterocycles. The quantitative estimate of drug-likeness (QED) is 0.228. The zero-order chi connectivity index (χ0) is 23.8. The van der Waals surface area contributed by atoms with Crippen molar-refractivity contribution in [3.63, 3.8) is 0 Å². The molecule has 2 nitrogen and oxygen atoms in total. The topological polar surface area (TPSA) is 17.8 Å². The normalized spacial score (nSPS) is 15.4. The van der Waals surface area contributed by atoms with Gasteiger partial charge in [0.05, 0.1) is 11.4 Å². The van der Waals surface area contributed by atoms with Crippen molar-refractivity contribution >= 4 is 39.3 Å². The standard InChI is InChI=1S/C27H22BrClF2N2S/c1-16-14-17(8-13-23(16)29)20-4-2-7-25-26(20)33(19-11-9-18(30)10-12-19)27(32-25)34-15-21-22(28)5-3-6-24(21)31/h3,5-6,8-14,20H,2,4,7,15H2,1H3. The lowest BCUT2D eigenvalue weighted by Gasteiger charge is -2.25. The Morgan fingerprint density at radius 3 is 2.65 bits per heavy atom. The van der Waals surface area contributed by atoms with E-state index >= 15 is 0 Å². The molecule has 5 rings (SSSR count). The van der Waals surface area contributed by atoms with Gasteiger partial charge in [-0.15, -0.1) is 0 Å². The first-order chi connectivity index (χ1) is 16.4. The van der Waals surface area contributed by atoms with E-state index in [9.17, 15) is 8.78 Å². The second-order valence-electron chi connectivity index (χ2n) is 8.48. The highest BCUT2D eigenvalue weighted by Crippen LogP contribution is 2.42. The summed E-state index contributed by atoms with van der Waals surface area (Å²) in [6.07, 6.45) is 2.90. The summed E-state index contributed by atoms with van der Waals surface area (Å²) in [6, 6.07) is 17.7.